The molecule has 0 unspecified atom stereocenters. The number of thioether (sulfide) groups is 1. The van der Waals surface area contributed by atoms with Gasteiger partial charge in [0.1, 0.15) is 16.2 Å². The van der Waals surface area contributed by atoms with Gasteiger partial charge in [0.15, 0.2) is 0 Å². The van der Waals surface area contributed by atoms with Crippen molar-refractivity contribution in [3.05, 3.63) is 26.6 Å². The van der Waals surface area contributed by atoms with Gasteiger partial charge in [-0.05, 0) is 51.0 Å². The van der Waals surface area contributed by atoms with Crippen LogP contribution < -0.4 is 10.9 Å². The highest BCUT2D eigenvalue weighted by Gasteiger charge is 2.42. The first-order valence-corrected chi connectivity index (χ1v) is 13.6. The molecule has 32 heavy (non-hydrogen) atoms. The minimum absolute atomic E-state index is 0.0450. The number of ether oxygens (including phenoxy) is 1. The van der Waals surface area contributed by atoms with Crippen molar-refractivity contribution in [2.75, 3.05) is 12.4 Å². The number of thiophene rings is 1. The van der Waals surface area contributed by atoms with Crippen LogP contribution in [0.15, 0.2) is 4.79 Å². The topological polar surface area (TPSA) is 101 Å². The lowest BCUT2D eigenvalue weighted by molar-refractivity contribution is -0.155. The summed E-state index contributed by atoms with van der Waals surface area (Å²) in [6, 6.07) is 0. The van der Waals surface area contributed by atoms with Crippen molar-refractivity contribution in [3.63, 3.8) is 0 Å². The van der Waals surface area contributed by atoms with Crippen molar-refractivity contribution in [1.29, 1.82) is 0 Å². The fraction of sp³-hybridized carbons (Fsp3) is 0.652. The first-order chi connectivity index (χ1) is 15.5. The van der Waals surface area contributed by atoms with Crippen LogP contribution >= 0.6 is 23.1 Å². The number of fused-ring (bicyclic) bond motifs is 3. The maximum absolute atomic E-state index is 12.6. The van der Waals surface area contributed by atoms with Crippen molar-refractivity contribution < 1.29 is 14.3 Å². The summed E-state index contributed by atoms with van der Waals surface area (Å²) in [7, 11) is 0. The van der Waals surface area contributed by atoms with Crippen LogP contribution in [0.1, 0.15) is 74.6 Å². The number of esters is 1. The van der Waals surface area contributed by atoms with E-state index < -0.39 is 5.54 Å². The number of carbonyl (C=O) groups excluding carboxylic acids is 2. The Labute approximate surface area is 196 Å². The van der Waals surface area contributed by atoms with Crippen LogP contribution in [0, 0.1) is 0 Å². The molecule has 0 spiro atoms. The average molecular weight is 478 g/mol. The lowest BCUT2D eigenvalue weighted by Gasteiger charge is -2.35. The minimum Gasteiger partial charge on any atom is -0.464 e. The molecule has 2 aromatic rings. The fourth-order valence-electron chi connectivity index (χ4n) is 4.74. The number of aryl methyl sites for hydroxylation is 2. The number of aromatic nitrogens is 2. The van der Waals surface area contributed by atoms with Crippen LogP contribution in [0.5, 0.6) is 0 Å². The van der Waals surface area contributed by atoms with Crippen molar-refractivity contribution in [1.82, 2.24) is 15.3 Å². The van der Waals surface area contributed by atoms with Crippen LogP contribution in [0.4, 0.5) is 0 Å². The van der Waals surface area contributed by atoms with Gasteiger partial charge >= 0.3 is 5.97 Å². The molecule has 174 valence electrons. The van der Waals surface area contributed by atoms with Crippen LogP contribution in [0.25, 0.3) is 10.2 Å². The maximum Gasteiger partial charge on any atom is 0.331 e. The monoisotopic (exact) mass is 477 g/mol. The third-order valence-electron chi connectivity index (χ3n) is 6.34. The van der Waals surface area contributed by atoms with E-state index in [0.29, 0.717) is 43.2 Å². The van der Waals surface area contributed by atoms with Gasteiger partial charge in [-0.3, -0.25) is 9.59 Å². The molecule has 4 rings (SSSR count). The molecule has 2 aliphatic rings. The van der Waals surface area contributed by atoms with Gasteiger partial charge in [-0.15, -0.1) is 11.3 Å². The van der Waals surface area contributed by atoms with Gasteiger partial charge in [0.05, 0.1) is 17.7 Å². The molecule has 2 aromatic heterocycles. The molecule has 0 atom stereocenters. The molecule has 1 amide bonds. The summed E-state index contributed by atoms with van der Waals surface area (Å²) in [5, 5.41) is 3.75. The van der Waals surface area contributed by atoms with Gasteiger partial charge in [0.25, 0.3) is 5.56 Å². The van der Waals surface area contributed by atoms with Crippen molar-refractivity contribution in [2.45, 2.75) is 82.4 Å². The Bertz CT molecular complexity index is 1040. The SMILES string of the molecule is CCOC(=O)C1(NC(=O)CCSCc2nc3sc4c(c3c(=O)[nH]2)CCCC4)CCCCC1. The van der Waals surface area contributed by atoms with E-state index in [2.05, 4.69) is 15.3 Å². The molecule has 1 saturated carbocycles. The van der Waals surface area contributed by atoms with Gasteiger partial charge in [0, 0.05) is 17.1 Å². The number of nitrogens with zero attached hydrogens (tertiary/aromatic N) is 1. The summed E-state index contributed by atoms with van der Waals surface area (Å²) in [4.78, 5) is 47.5. The van der Waals surface area contributed by atoms with Crippen LogP contribution in [0.3, 0.4) is 0 Å². The van der Waals surface area contributed by atoms with E-state index in [1.165, 1.54) is 16.9 Å². The second-order valence-corrected chi connectivity index (χ2v) is 10.8. The first-order valence-electron chi connectivity index (χ1n) is 11.6. The molecular formula is C23H31N3O4S2. The molecule has 2 aliphatic carbocycles. The first kappa shape index (κ1) is 23.3. The third kappa shape index (κ3) is 5.03. The van der Waals surface area contributed by atoms with Crippen LogP contribution in [-0.4, -0.2) is 39.7 Å². The number of amides is 1. The minimum atomic E-state index is -0.869. The van der Waals surface area contributed by atoms with Crippen LogP contribution in [0.2, 0.25) is 0 Å². The van der Waals surface area contributed by atoms with Gasteiger partial charge in [0.2, 0.25) is 5.91 Å². The lowest BCUT2D eigenvalue weighted by atomic mass is 9.81. The van der Waals surface area contributed by atoms with Crippen molar-refractivity contribution in [2.24, 2.45) is 0 Å². The molecule has 7 nitrogen and oxygen atoms in total. The number of aromatic amines is 1. The van der Waals surface area contributed by atoms with Crippen molar-refractivity contribution >= 4 is 45.2 Å². The highest BCUT2D eigenvalue weighted by atomic mass is 32.2. The molecule has 2 heterocycles. The van der Waals surface area contributed by atoms with E-state index in [9.17, 15) is 14.4 Å². The van der Waals surface area contributed by atoms with E-state index >= 15 is 0 Å². The number of carbonyl (C=O) groups is 2. The Morgan fingerprint density at radius 3 is 2.75 bits per heavy atom. The molecule has 0 aromatic carbocycles. The summed E-state index contributed by atoms with van der Waals surface area (Å²) >= 11 is 3.21. The summed E-state index contributed by atoms with van der Waals surface area (Å²) < 4.78 is 5.25. The zero-order valence-electron chi connectivity index (χ0n) is 18.6. The van der Waals surface area contributed by atoms with E-state index in [1.54, 1.807) is 30.0 Å². The predicted molar refractivity (Wildman–Crippen MR) is 128 cm³/mol. The molecule has 0 radical (unpaired) electrons. The van der Waals surface area contributed by atoms with Crippen molar-refractivity contribution in [3.8, 4) is 0 Å². The average Bonchev–Trinajstić information content (AvgIpc) is 3.16. The molecule has 2 N–H and O–H groups in total. The molecule has 1 fully saturated rings. The largest absolute Gasteiger partial charge is 0.464 e. The Kier molecular flexibility index (Phi) is 7.55. The van der Waals surface area contributed by atoms with Gasteiger partial charge in [-0.25, -0.2) is 9.78 Å². The Balaban J connectivity index is 1.32. The van der Waals surface area contributed by atoms with E-state index in [1.807, 2.05) is 0 Å². The van der Waals surface area contributed by atoms with Gasteiger partial charge in [-0.1, -0.05) is 19.3 Å². The predicted octanol–water partition coefficient (Wildman–Crippen LogP) is 3.87. The summed E-state index contributed by atoms with van der Waals surface area (Å²) in [5.41, 5.74) is 0.280. The van der Waals surface area contributed by atoms with E-state index in [4.69, 9.17) is 4.74 Å². The molecule has 0 aliphatic heterocycles. The maximum atomic E-state index is 12.6. The van der Waals surface area contributed by atoms with Gasteiger partial charge < -0.3 is 15.0 Å². The lowest BCUT2D eigenvalue weighted by Crippen LogP contribution is -2.56. The molecular weight excluding hydrogens is 446 g/mol. The number of nitrogens with one attached hydrogen (secondary N) is 2. The Morgan fingerprint density at radius 2 is 1.97 bits per heavy atom. The highest BCUT2D eigenvalue weighted by molar-refractivity contribution is 7.98. The Morgan fingerprint density at radius 1 is 1.19 bits per heavy atom. The Hall–Kier alpha value is -1.87. The second kappa shape index (κ2) is 10.4. The molecule has 0 saturated heterocycles. The smallest absolute Gasteiger partial charge is 0.331 e. The summed E-state index contributed by atoms with van der Waals surface area (Å²) in [6.07, 6.45) is 8.83. The quantitative estimate of drug-likeness (QED) is 0.442. The number of rotatable bonds is 8. The third-order valence-corrected chi connectivity index (χ3v) is 8.49. The summed E-state index contributed by atoms with van der Waals surface area (Å²) in [6.45, 7) is 2.10. The second-order valence-electron chi connectivity index (χ2n) is 8.62. The van der Waals surface area contributed by atoms with Gasteiger partial charge in [-0.2, -0.15) is 11.8 Å². The molecule has 0 bridgehead atoms. The number of hydrogen-bond acceptors (Lipinski definition) is 7. The number of hydrogen-bond donors (Lipinski definition) is 2. The number of H-pyrrole nitrogens is 1. The zero-order chi connectivity index (χ0) is 22.6. The molecule has 9 heteroatoms. The summed E-state index contributed by atoms with van der Waals surface area (Å²) in [5.74, 6) is 1.35. The fourth-order valence-corrected chi connectivity index (χ4v) is 6.83. The standard InChI is InChI=1S/C23H31N3O4S2/c1-2-30-22(29)23(11-6-3-7-12-23)26-18(27)10-13-31-14-17-24-20(28)19-15-8-4-5-9-16(15)32-21(19)25-17/h2-14H2,1H3,(H,26,27)(H,24,25,28). The highest BCUT2D eigenvalue weighted by Crippen LogP contribution is 2.34. The van der Waals surface area contributed by atoms with E-state index in [0.717, 1.165) is 48.7 Å². The normalized spacial score (nSPS) is 17.7. The van der Waals surface area contributed by atoms with Crippen LogP contribution in [-0.2, 0) is 32.9 Å². The zero-order valence-corrected chi connectivity index (χ0v) is 20.2. The van der Waals surface area contributed by atoms with E-state index in [-0.39, 0.29) is 17.4 Å².